The average molecular weight is 546 g/mol. The van der Waals surface area contributed by atoms with E-state index in [1.807, 2.05) is 0 Å². The van der Waals surface area contributed by atoms with Gasteiger partial charge >= 0.3 is 140 Å². The van der Waals surface area contributed by atoms with Gasteiger partial charge in [-0.3, -0.25) is 0 Å². The second kappa shape index (κ2) is 24.7. The standard InChI is InChI=1S/C10H16As2.3CO.BrH.Mo/c1-11(2)9-7-5-6-8-10(9)12(3)4;3*1-2;;/h5-8H,1-4H3;;;;1H;/q;;;;;+2/p-1. The molecule has 1 aromatic carbocycles. The van der Waals surface area contributed by atoms with E-state index >= 15 is 0 Å². The van der Waals surface area contributed by atoms with Gasteiger partial charge in [0.05, 0.1) is 0 Å². The van der Waals surface area contributed by atoms with Crippen molar-refractivity contribution >= 4 is 38.0 Å². The first-order valence-electron chi connectivity index (χ1n) is 4.68. The van der Waals surface area contributed by atoms with Gasteiger partial charge in [0.25, 0.3) is 0 Å². The Kier molecular flexibility index (Phi) is 40.3. The van der Waals surface area contributed by atoms with Gasteiger partial charge in [0.15, 0.2) is 0 Å². The van der Waals surface area contributed by atoms with Crippen LogP contribution in [0.5, 0.6) is 0 Å². The van der Waals surface area contributed by atoms with Crippen molar-refractivity contribution in [2.45, 2.75) is 22.8 Å². The van der Waals surface area contributed by atoms with E-state index in [2.05, 4.69) is 67.1 Å². The summed E-state index contributed by atoms with van der Waals surface area (Å²) in [5.74, 6) is 0. The first-order valence-corrected chi connectivity index (χ1v) is 14.1. The summed E-state index contributed by atoms with van der Waals surface area (Å²) in [6.07, 6.45) is 0. The molecule has 0 amide bonds. The third-order valence-electron chi connectivity index (χ3n) is 1.85. The van der Waals surface area contributed by atoms with Gasteiger partial charge in [-0.1, -0.05) is 0 Å². The van der Waals surface area contributed by atoms with E-state index in [4.69, 9.17) is 14.0 Å². The molecule has 7 heteroatoms. The van der Waals surface area contributed by atoms with E-state index in [-0.39, 0.29) is 38.0 Å². The molecule has 1 aromatic rings. The van der Waals surface area contributed by atoms with Crippen molar-refractivity contribution in [3.8, 4) is 0 Å². The zero-order chi connectivity index (χ0) is 15.1. The first kappa shape index (κ1) is 32.6. The number of rotatable bonds is 2. The Balaban J connectivity index is -0.0000000833. The van der Waals surface area contributed by atoms with Crippen LogP contribution < -0.4 is 25.7 Å². The molecular weight excluding hydrogens is 530 g/mol. The Bertz CT molecular complexity index is 338. The van der Waals surface area contributed by atoms with Crippen LogP contribution in [0.2, 0.25) is 22.8 Å². The van der Waals surface area contributed by atoms with E-state index in [9.17, 15) is 0 Å². The number of halogens is 1. The minimum absolute atomic E-state index is 0. The molecule has 3 nitrogen and oxygen atoms in total. The van der Waals surface area contributed by atoms with Gasteiger partial charge < -0.3 is 17.0 Å². The van der Waals surface area contributed by atoms with Crippen LogP contribution in [0.1, 0.15) is 0 Å². The van der Waals surface area contributed by atoms with Crippen LogP contribution in [0.4, 0.5) is 0 Å². The van der Waals surface area contributed by atoms with E-state index < -0.39 is 29.3 Å². The van der Waals surface area contributed by atoms with Crippen molar-refractivity contribution in [3.05, 3.63) is 44.2 Å². The molecular formula is C13H16As2BrMoO3+. The second-order valence-electron chi connectivity index (χ2n) is 3.28. The summed E-state index contributed by atoms with van der Waals surface area (Å²) in [6, 6.07) is 9.05. The maximum absolute atomic E-state index is 7.50. The molecule has 0 aliphatic rings. The molecule has 0 fully saturated rings. The Morgan fingerprint density at radius 2 is 0.900 bits per heavy atom. The van der Waals surface area contributed by atoms with E-state index in [0.29, 0.717) is 0 Å². The van der Waals surface area contributed by atoms with Crippen molar-refractivity contribution in [3.63, 3.8) is 0 Å². The third-order valence-corrected chi connectivity index (χ3v) is 8.36. The molecule has 0 unspecified atom stereocenters. The molecule has 0 saturated carbocycles. The molecule has 0 aliphatic carbocycles. The van der Waals surface area contributed by atoms with Crippen LogP contribution >= 0.6 is 0 Å². The van der Waals surface area contributed by atoms with Crippen LogP contribution in [0.15, 0.2) is 24.3 Å². The molecule has 0 spiro atoms. The van der Waals surface area contributed by atoms with Gasteiger partial charge in [-0.2, -0.15) is 0 Å². The van der Waals surface area contributed by atoms with Crippen molar-refractivity contribution in [1.82, 2.24) is 0 Å². The van der Waals surface area contributed by atoms with Crippen LogP contribution in [0.25, 0.3) is 0 Å². The molecule has 0 aliphatic heterocycles. The van der Waals surface area contributed by atoms with Crippen molar-refractivity contribution < 1.29 is 52.0 Å². The normalized spacial score (nSPS) is 7.00. The minimum Gasteiger partial charge on any atom is 2.00 e. The molecule has 0 aromatic heterocycles. The summed E-state index contributed by atoms with van der Waals surface area (Å²) in [5, 5.41) is 0. The number of hydrogen-bond acceptors (Lipinski definition) is 0. The average Bonchev–Trinajstić information content (AvgIpc) is 2.45. The summed E-state index contributed by atoms with van der Waals surface area (Å²) in [4.78, 5) is 0. The van der Waals surface area contributed by atoms with Crippen LogP contribution in [0, 0.1) is 20.0 Å². The largest absolute Gasteiger partial charge is 2.00 e. The van der Waals surface area contributed by atoms with Gasteiger partial charge in [-0.05, 0) is 0 Å². The van der Waals surface area contributed by atoms with Gasteiger partial charge in [0.2, 0.25) is 0 Å². The second-order valence-corrected chi connectivity index (χ2v) is 12.8. The maximum Gasteiger partial charge on any atom is 2.00 e. The molecule has 1 rings (SSSR count). The van der Waals surface area contributed by atoms with E-state index in [0.717, 1.165) is 0 Å². The van der Waals surface area contributed by atoms with Gasteiger partial charge in [-0.15, -0.1) is 0 Å². The fourth-order valence-electron chi connectivity index (χ4n) is 1.22. The van der Waals surface area contributed by atoms with Crippen molar-refractivity contribution in [2.24, 2.45) is 0 Å². The predicted octanol–water partition coefficient (Wildman–Crippen LogP) is -1.50. The van der Waals surface area contributed by atoms with Gasteiger partial charge in [0, 0.05) is 0 Å². The summed E-state index contributed by atoms with van der Waals surface area (Å²) >= 11 is -1.30. The zero-order valence-corrected chi connectivity index (χ0v) is 19.1. The Morgan fingerprint density at radius 3 is 1.05 bits per heavy atom. The molecule has 20 heavy (non-hydrogen) atoms. The van der Waals surface area contributed by atoms with E-state index in [1.165, 1.54) is 0 Å². The smallest absolute Gasteiger partial charge is 2.00 e. The first-order chi connectivity index (χ1) is 8.63. The summed E-state index contributed by atoms with van der Waals surface area (Å²) < 4.78 is 25.9. The fraction of sp³-hybridized carbons (Fsp3) is 0.308. The predicted molar refractivity (Wildman–Crippen MR) is 72.5 cm³/mol. The monoisotopic (exact) mass is 547 g/mol. The third kappa shape index (κ3) is 15.1. The topological polar surface area (TPSA) is 59.7 Å². The Hall–Kier alpha value is 0.725. The van der Waals surface area contributed by atoms with Gasteiger partial charge in [0.1, 0.15) is 0 Å². The molecule has 0 atom stereocenters. The van der Waals surface area contributed by atoms with E-state index in [1.54, 1.807) is 8.70 Å². The zero-order valence-electron chi connectivity index (χ0n) is 11.7. The van der Waals surface area contributed by atoms with Crippen molar-refractivity contribution in [2.75, 3.05) is 0 Å². The number of hydrogen-bond donors (Lipinski definition) is 0. The van der Waals surface area contributed by atoms with Crippen molar-refractivity contribution in [1.29, 1.82) is 0 Å². The Labute approximate surface area is 156 Å². The summed E-state index contributed by atoms with van der Waals surface area (Å²) in [5.41, 5.74) is 9.68. The van der Waals surface area contributed by atoms with Gasteiger partial charge in [-0.25, -0.2) is 0 Å². The summed E-state index contributed by atoms with van der Waals surface area (Å²) in [6.45, 7) is 13.5. The summed E-state index contributed by atoms with van der Waals surface area (Å²) in [7, 11) is 0. The molecule has 0 N–H and O–H groups in total. The number of benzene rings is 1. The minimum atomic E-state index is -0.651. The molecule has 0 saturated heterocycles. The fourth-order valence-corrected chi connectivity index (χ4v) is 9.43. The SMILES string of the molecule is C[As](C)c1ccccc1[As](C)C.[Br-].[C-]#[O+].[C-]#[O+].[C-]#[O+].[Mo+2]. The van der Waals surface area contributed by atoms with Crippen LogP contribution in [0.3, 0.4) is 0 Å². The molecule has 0 radical (unpaired) electrons. The Morgan fingerprint density at radius 1 is 0.700 bits per heavy atom. The van der Waals surface area contributed by atoms with Crippen LogP contribution in [-0.2, 0) is 35.0 Å². The molecule has 0 bridgehead atoms. The molecule has 108 valence electrons. The van der Waals surface area contributed by atoms with Crippen LogP contribution in [-0.4, -0.2) is 29.3 Å². The quantitative estimate of drug-likeness (QED) is 0.247. The maximum atomic E-state index is 7.50. The molecule has 0 heterocycles.